The zero-order chi connectivity index (χ0) is 11.5. The fourth-order valence-electron chi connectivity index (χ4n) is 1.50. The number of amides is 1. The van der Waals surface area contributed by atoms with Crippen LogP contribution in [-0.2, 0) is 11.3 Å². The number of halogens is 1. The first-order chi connectivity index (χ1) is 7.63. The SMILES string of the molecule is CN(CC(=O)NC1CC1)Cc1ccc(Br)s1. The first-order valence-corrected chi connectivity index (χ1v) is 6.96. The molecule has 1 fully saturated rings. The molecular formula is C11H15BrN2OS. The summed E-state index contributed by atoms with van der Waals surface area (Å²) in [5, 5.41) is 2.99. The van der Waals surface area contributed by atoms with Crippen LogP contribution in [0, 0.1) is 0 Å². The third kappa shape index (κ3) is 3.88. The van der Waals surface area contributed by atoms with Crippen molar-refractivity contribution in [2.24, 2.45) is 0 Å². The number of nitrogens with zero attached hydrogens (tertiary/aromatic N) is 1. The monoisotopic (exact) mass is 302 g/mol. The number of hydrogen-bond acceptors (Lipinski definition) is 3. The third-order valence-corrected chi connectivity index (χ3v) is 4.02. The molecule has 0 radical (unpaired) electrons. The van der Waals surface area contributed by atoms with Crippen molar-refractivity contribution in [1.82, 2.24) is 10.2 Å². The van der Waals surface area contributed by atoms with Crippen LogP contribution in [0.5, 0.6) is 0 Å². The fourth-order valence-corrected chi connectivity index (χ4v) is 3.07. The minimum Gasteiger partial charge on any atom is -0.352 e. The molecule has 1 N–H and O–H groups in total. The van der Waals surface area contributed by atoms with Crippen LogP contribution in [0.1, 0.15) is 17.7 Å². The zero-order valence-corrected chi connectivity index (χ0v) is 11.6. The van der Waals surface area contributed by atoms with Crippen molar-refractivity contribution < 1.29 is 4.79 Å². The maximum atomic E-state index is 11.5. The molecule has 1 aliphatic carbocycles. The normalized spacial score (nSPS) is 15.4. The van der Waals surface area contributed by atoms with Crippen LogP contribution in [0.4, 0.5) is 0 Å². The lowest BCUT2D eigenvalue weighted by Crippen LogP contribution is -2.35. The standard InChI is InChI=1S/C11H15BrN2OS/c1-14(6-9-4-5-10(12)16-9)7-11(15)13-8-2-3-8/h4-5,8H,2-3,6-7H2,1H3,(H,13,15). The molecule has 0 aliphatic heterocycles. The summed E-state index contributed by atoms with van der Waals surface area (Å²) in [6.45, 7) is 1.31. The Labute approximate surface area is 108 Å². The average molecular weight is 303 g/mol. The highest BCUT2D eigenvalue weighted by Crippen LogP contribution is 2.23. The summed E-state index contributed by atoms with van der Waals surface area (Å²) in [7, 11) is 1.97. The molecule has 1 aliphatic rings. The smallest absolute Gasteiger partial charge is 0.234 e. The van der Waals surface area contributed by atoms with E-state index in [9.17, 15) is 4.79 Å². The number of nitrogens with one attached hydrogen (secondary N) is 1. The van der Waals surface area contributed by atoms with Gasteiger partial charge >= 0.3 is 0 Å². The van der Waals surface area contributed by atoms with Crippen LogP contribution in [0.15, 0.2) is 15.9 Å². The molecule has 5 heteroatoms. The van der Waals surface area contributed by atoms with Gasteiger partial charge in [0.05, 0.1) is 10.3 Å². The first-order valence-electron chi connectivity index (χ1n) is 5.35. The van der Waals surface area contributed by atoms with Gasteiger partial charge in [-0.2, -0.15) is 0 Å². The van der Waals surface area contributed by atoms with Crippen LogP contribution in [-0.4, -0.2) is 30.4 Å². The summed E-state index contributed by atoms with van der Waals surface area (Å²) in [6.07, 6.45) is 2.29. The summed E-state index contributed by atoms with van der Waals surface area (Å²) in [5.74, 6) is 0.139. The minimum absolute atomic E-state index is 0.139. The van der Waals surface area contributed by atoms with E-state index in [0.717, 1.165) is 23.2 Å². The van der Waals surface area contributed by atoms with E-state index >= 15 is 0 Å². The van der Waals surface area contributed by atoms with Crippen LogP contribution < -0.4 is 5.32 Å². The van der Waals surface area contributed by atoms with Crippen LogP contribution in [0.3, 0.4) is 0 Å². The lowest BCUT2D eigenvalue weighted by atomic mass is 10.4. The molecule has 1 saturated carbocycles. The Morgan fingerprint density at radius 2 is 2.38 bits per heavy atom. The van der Waals surface area contributed by atoms with Gasteiger partial charge < -0.3 is 5.32 Å². The Bertz CT molecular complexity index is 376. The van der Waals surface area contributed by atoms with Crippen LogP contribution >= 0.6 is 27.3 Å². The number of hydrogen-bond donors (Lipinski definition) is 1. The van der Waals surface area contributed by atoms with Gasteiger partial charge in [0.1, 0.15) is 0 Å². The molecule has 1 aromatic heterocycles. The molecule has 0 aromatic carbocycles. The molecule has 1 aromatic rings. The summed E-state index contributed by atoms with van der Waals surface area (Å²) >= 11 is 5.15. The van der Waals surface area contributed by atoms with Crippen LogP contribution in [0.2, 0.25) is 0 Å². The van der Waals surface area contributed by atoms with Gasteiger partial charge in [-0.25, -0.2) is 0 Å². The molecule has 0 atom stereocenters. The Balaban J connectivity index is 1.74. The molecule has 0 unspecified atom stereocenters. The van der Waals surface area contributed by atoms with Gasteiger partial charge in [-0.05, 0) is 48.0 Å². The van der Waals surface area contributed by atoms with Crippen molar-refractivity contribution in [3.8, 4) is 0 Å². The maximum Gasteiger partial charge on any atom is 0.234 e. The molecule has 0 spiro atoms. The van der Waals surface area contributed by atoms with Gasteiger partial charge in [-0.1, -0.05) is 0 Å². The molecule has 2 rings (SSSR count). The minimum atomic E-state index is 0.139. The van der Waals surface area contributed by atoms with Crippen molar-refractivity contribution in [2.75, 3.05) is 13.6 Å². The van der Waals surface area contributed by atoms with Crippen molar-refractivity contribution in [1.29, 1.82) is 0 Å². The second-order valence-corrected chi connectivity index (χ2v) is 6.77. The van der Waals surface area contributed by atoms with Gasteiger partial charge in [0, 0.05) is 17.5 Å². The molecular weight excluding hydrogens is 288 g/mol. The zero-order valence-electron chi connectivity index (χ0n) is 9.20. The third-order valence-electron chi connectivity index (χ3n) is 2.41. The lowest BCUT2D eigenvalue weighted by Gasteiger charge is -2.14. The second kappa shape index (κ2) is 5.29. The number of carbonyl (C=O) groups excluding carboxylic acids is 1. The molecule has 88 valence electrons. The Hall–Kier alpha value is -0.390. The van der Waals surface area contributed by atoms with Crippen LogP contribution in [0.25, 0.3) is 0 Å². The summed E-state index contributed by atoms with van der Waals surface area (Å²) in [5.41, 5.74) is 0. The van der Waals surface area contributed by atoms with E-state index < -0.39 is 0 Å². The van der Waals surface area contributed by atoms with E-state index in [1.54, 1.807) is 11.3 Å². The van der Waals surface area contributed by atoms with E-state index in [4.69, 9.17) is 0 Å². The number of likely N-dealkylation sites (N-methyl/N-ethyl adjacent to an activating group) is 1. The number of thiophene rings is 1. The highest BCUT2D eigenvalue weighted by atomic mass is 79.9. The lowest BCUT2D eigenvalue weighted by molar-refractivity contribution is -0.122. The number of carbonyl (C=O) groups is 1. The molecule has 3 nitrogen and oxygen atoms in total. The van der Waals surface area contributed by atoms with Gasteiger partial charge in [0.2, 0.25) is 5.91 Å². The first kappa shape index (κ1) is 12.1. The molecule has 1 amide bonds. The van der Waals surface area contributed by atoms with Crippen molar-refractivity contribution in [3.05, 3.63) is 20.8 Å². The van der Waals surface area contributed by atoms with Gasteiger partial charge in [0.15, 0.2) is 0 Å². The van der Waals surface area contributed by atoms with E-state index in [1.807, 2.05) is 18.0 Å². The van der Waals surface area contributed by atoms with Gasteiger partial charge in [-0.15, -0.1) is 11.3 Å². The van der Waals surface area contributed by atoms with Gasteiger partial charge in [0.25, 0.3) is 0 Å². The summed E-state index contributed by atoms with van der Waals surface area (Å²) in [4.78, 5) is 14.9. The van der Waals surface area contributed by atoms with Gasteiger partial charge in [-0.3, -0.25) is 9.69 Å². The number of rotatable bonds is 5. The van der Waals surface area contributed by atoms with E-state index in [0.29, 0.717) is 12.6 Å². The van der Waals surface area contributed by atoms with Crippen molar-refractivity contribution in [2.45, 2.75) is 25.4 Å². The maximum absolute atomic E-state index is 11.5. The predicted molar refractivity (Wildman–Crippen MR) is 69.5 cm³/mol. The quantitative estimate of drug-likeness (QED) is 0.904. The Morgan fingerprint density at radius 1 is 1.62 bits per heavy atom. The molecule has 1 heterocycles. The van der Waals surface area contributed by atoms with E-state index in [-0.39, 0.29) is 5.91 Å². The second-order valence-electron chi connectivity index (χ2n) is 4.22. The van der Waals surface area contributed by atoms with Crippen molar-refractivity contribution in [3.63, 3.8) is 0 Å². The largest absolute Gasteiger partial charge is 0.352 e. The highest BCUT2D eigenvalue weighted by Gasteiger charge is 2.23. The summed E-state index contributed by atoms with van der Waals surface area (Å²) < 4.78 is 1.14. The van der Waals surface area contributed by atoms with E-state index in [1.165, 1.54) is 4.88 Å². The molecule has 16 heavy (non-hydrogen) atoms. The highest BCUT2D eigenvalue weighted by molar-refractivity contribution is 9.11. The van der Waals surface area contributed by atoms with Crippen molar-refractivity contribution >= 4 is 33.2 Å². The average Bonchev–Trinajstić information content (AvgIpc) is 2.89. The Kier molecular flexibility index (Phi) is 4.00. The fraction of sp³-hybridized carbons (Fsp3) is 0.545. The summed E-state index contributed by atoms with van der Waals surface area (Å²) in [6, 6.07) is 4.58. The predicted octanol–water partition coefficient (Wildman–Crippen LogP) is 2.22. The molecule has 0 bridgehead atoms. The Morgan fingerprint density at radius 3 is 2.94 bits per heavy atom. The topological polar surface area (TPSA) is 32.3 Å². The van der Waals surface area contributed by atoms with E-state index in [2.05, 4.69) is 27.3 Å². The molecule has 0 saturated heterocycles.